The first-order valence-electron chi connectivity index (χ1n) is 4.17. The number of hydrogen-bond donors (Lipinski definition) is 1. The van der Waals surface area contributed by atoms with Gasteiger partial charge in [-0.3, -0.25) is 0 Å². The van der Waals surface area contributed by atoms with Crippen molar-refractivity contribution >= 4 is 0 Å². The predicted octanol–water partition coefficient (Wildman–Crippen LogP) is 2.34. The third kappa shape index (κ3) is 2.21. The van der Waals surface area contributed by atoms with Crippen molar-refractivity contribution in [3.63, 3.8) is 0 Å². The summed E-state index contributed by atoms with van der Waals surface area (Å²) >= 11 is 0. The van der Waals surface area contributed by atoms with Gasteiger partial charge >= 0.3 is 0 Å². The molecule has 64 valence electrons. The Kier molecular flexibility index (Phi) is 3.55. The average molecular weight is 162 g/mol. The lowest BCUT2D eigenvalue weighted by Crippen LogP contribution is -1.97. The van der Waals surface area contributed by atoms with E-state index in [1.807, 2.05) is 24.3 Å². The van der Waals surface area contributed by atoms with E-state index >= 15 is 0 Å². The minimum Gasteiger partial charge on any atom is -0.396 e. The van der Waals surface area contributed by atoms with Crippen LogP contribution in [0.2, 0.25) is 0 Å². The van der Waals surface area contributed by atoms with Crippen molar-refractivity contribution in [3.8, 4) is 0 Å². The van der Waals surface area contributed by atoms with Gasteiger partial charge in [-0.1, -0.05) is 36.4 Å². The van der Waals surface area contributed by atoms with E-state index in [0.29, 0.717) is 0 Å². The molecule has 0 saturated heterocycles. The lowest BCUT2D eigenvalue weighted by atomic mass is 9.96. The fraction of sp³-hybridized carbons (Fsp3) is 0.273. The monoisotopic (exact) mass is 162 g/mol. The van der Waals surface area contributed by atoms with E-state index in [2.05, 4.69) is 18.7 Å². The average Bonchev–Trinajstić information content (AvgIpc) is 2.15. The number of benzene rings is 1. The smallest absolute Gasteiger partial charge is 0.0439 e. The summed E-state index contributed by atoms with van der Waals surface area (Å²) < 4.78 is 0. The molecule has 0 amide bonds. The second kappa shape index (κ2) is 4.73. The van der Waals surface area contributed by atoms with Gasteiger partial charge in [0.15, 0.2) is 0 Å². The van der Waals surface area contributed by atoms with E-state index < -0.39 is 0 Å². The van der Waals surface area contributed by atoms with E-state index in [1.54, 1.807) is 0 Å². The summed E-state index contributed by atoms with van der Waals surface area (Å²) in [7, 11) is 0. The van der Waals surface area contributed by atoms with E-state index in [1.165, 1.54) is 5.56 Å². The van der Waals surface area contributed by atoms with Crippen molar-refractivity contribution < 1.29 is 5.11 Å². The molecule has 12 heavy (non-hydrogen) atoms. The molecule has 0 bridgehead atoms. The zero-order valence-corrected chi connectivity index (χ0v) is 7.11. The number of rotatable bonds is 4. The lowest BCUT2D eigenvalue weighted by Gasteiger charge is -2.10. The van der Waals surface area contributed by atoms with E-state index in [4.69, 9.17) is 5.11 Å². The molecule has 0 aliphatic carbocycles. The summed E-state index contributed by atoms with van der Waals surface area (Å²) in [6.45, 7) is 3.96. The maximum atomic E-state index is 8.78. The number of aliphatic hydroxyl groups excluding tert-OH is 1. The van der Waals surface area contributed by atoms with Crippen LogP contribution in [-0.4, -0.2) is 11.7 Å². The Morgan fingerprint density at radius 2 is 2.00 bits per heavy atom. The maximum Gasteiger partial charge on any atom is 0.0439 e. The van der Waals surface area contributed by atoms with Crippen LogP contribution in [0.5, 0.6) is 0 Å². The van der Waals surface area contributed by atoms with Crippen molar-refractivity contribution in [2.45, 2.75) is 12.3 Å². The predicted molar refractivity (Wildman–Crippen MR) is 51.1 cm³/mol. The first-order valence-corrected chi connectivity index (χ1v) is 4.17. The number of hydrogen-bond acceptors (Lipinski definition) is 1. The molecule has 0 fully saturated rings. The topological polar surface area (TPSA) is 20.2 Å². The van der Waals surface area contributed by atoms with Gasteiger partial charge in [0.25, 0.3) is 0 Å². The SMILES string of the molecule is C=C[C@H](CCO)c1ccccc1. The highest BCUT2D eigenvalue weighted by molar-refractivity contribution is 5.22. The van der Waals surface area contributed by atoms with Gasteiger partial charge in [-0.25, -0.2) is 0 Å². The fourth-order valence-electron chi connectivity index (χ4n) is 1.26. The van der Waals surface area contributed by atoms with Gasteiger partial charge in [-0.05, 0) is 12.0 Å². The van der Waals surface area contributed by atoms with Crippen LogP contribution < -0.4 is 0 Å². The molecule has 1 atom stereocenters. The van der Waals surface area contributed by atoms with Gasteiger partial charge in [-0.15, -0.1) is 6.58 Å². The van der Waals surface area contributed by atoms with Crippen molar-refractivity contribution in [1.82, 2.24) is 0 Å². The highest BCUT2D eigenvalue weighted by Gasteiger charge is 2.04. The molecule has 0 saturated carbocycles. The highest BCUT2D eigenvalue weighted by Crippen LogP contribution is 2.19. The molecule has 1 N–H and O–H groups in total. The molecule has 1 rings (SSSR count). The van der Waals surface area contributed by atoms with Crippen LogP contribution in [0.25, 0.3) is 0 Å². The van der Waals surface area contributed by atoms with Crippen LogP contribution in [0.1, 0.15) is 17.9 Å². The van der Waals surface area contributed by atoms with Crippen molar-refractivity contribution in [1.29, 1.82) is 0 Å². The van der Waals surface area contributed by atoms with Gasteiger partial charge in [0.1, 0.15) is 0 Å². The third-order valence-electron chi connectivity index (χ3n) is 1.95. The molecule has 0 aliphatic heterocycles. The van der Waals surface area contributed by atoms with Crippen molar-refractivity contribution in [2.75, 3.05) is 6.61 Å². The molecule has 1 aromatic carbocycles. The fourth-order valence-corrected chi connectivity index (χ4v) is 1.26. The summed E-state index contributed by atoms with van der Waals surface area (Å²) in [6.07, 6.45) is 2.64. The highest BCUT2D eigenvalue weighted by atomic mass is 16.3. The van der Waals surface area contributed by atoms with Crippen LogP contribution in [0, 0.1) is 0 Å². The molecular formula is C11H14O. The van der Waals surface area contributed by atoms with Gasteiger partial charge < -0.3 is 5.11 Å². The van der Waals surface area contributed by atoms with Gasteiger partial charge in [0, 0.05) is 12.5 Å². The first-order chi connectivity index (χ1) is 5.88. The van der Waals surface area contributed by atoms with Gasteiger partial charge in [-0.2, -0.15) is 0 Å². The summed E-state index contributed by atoms with van der Waals surface area (Å²) in [5.74, 6) is 0.288. The van der Waals surface area contributed by atoms with Crippen molar-refractivity contribution in [3.05, 3.63) is 48.6 Å². The molecule has 1 aromatic rings. The normalized spacial score (nSPS) is 12.4. The second-order valence-corrected chi connectivity index (χ2v) is 2.77. The summed E-state index contributed by atoms with van der Waals surface area (Å²) in [5, 5.41) is 8.78. The number of aliphatic hydroxyl groups is 1. The Labute approximate surface area is 73.4 Å². The van der Waals surface area contributed by atoms with Crippen molar-refractivity contribution in [2.24, 2.45) is 0 Å². The van der Waals surface area contributed by atoms with Crippen LogP contribution in [0.15, 0.2) is 43.0 Å². The minimum atomic E-state index is 0.214. The zero-order valence-electron chi connectivity index (χ0n) is 7.11. The zero-order chi connectivity index (χ0) is 8.81. The Balaban J connectivity index is 2.73. The molecular weight excluding hydrogens is 148 g/mol. The van der Waals surface area contributed by atoms with Gasteiger partial charge in [0.2, 0.25) is 0 Å². The summed E-state index contributed by atoms with van der Waals surface area (Å²) in [5.41, 5.74) is 1.22. The number of allylic oxidation sites excluding steroid dienone is 1. The lowest BCUT2D eigenvalue weighted by molar-refractivity contribution is 0.283. The molecule has 1 heteroatoms. The molecule has 0 spiro atoms. The minimum absolute atomic E-state index is 0.214. The largest absolute Gasteiger partial charge is 0.396 e. The van der Waals surface area contributed by atoms with Gasteiger partial charge in [0.05, 0.1) is 0 Å². The molecule has 1 nitrogen and oxygen atoms in total. The second-order valence-electron chi connectivity index (χ2n) is 2.77. The quantitative estimate of drug-likeness (QED) is 0.674. The Morgan fingerprint density at radius 3 is 2.50 bits per heavy atom. The van der Waals surface area contributed by atoms with Crippen LogP contribution in [0.3, 0.4) is 0 Å². The van der Waals surface area contributed by atoms with E-state index in [0.717, 1.165) is 6.42 Å². The van der Waals surface area contributed by atoms with E-state index in [-0.39, 0.29) is 12.5 Å². The third-order valence-corrected chi connectivity index (χ3v) is 1.95. The molecule has 0 radical (unpaired) electrons. The summed E-state index contributed by atoms with van der Waals surface area (Å²) in [6, 6.07) is 10.1. The molecule has 0 aliphatic rings. The maximum absolute atomic E-state index is 8.78. The Bertz CT molecular complexity index is 228. The Hall–Kier alpha value is -1.08. The van der Waals surface area contributed by atoms with Crippen LogP contribution in [0.4, 0.5) is 0 Å². The molecule has 0 heterocycles. The summed E-state index contributed by atoms with van der Waals surface area (Å²) in [4.78, 5) is 0. The Morgan fingerprint density at radius 1 is 1.33 bits per heavy atom. The van der Waals surface area contributed by atoms with Crippen LogP contribution in [-0.2, 0) is 0 Å². The van der Waals surface area contributed by atoms with E-state index in [9.17, 15) is 0 Å². The molecule has 0 aromatic heterocycles. The molecule has 0 unspecified atom stereocenters. The standard InChI is InChI=1S/C11H14O/c1-2-10(8-9-12)11-6-4-3-5-7-11/h2-7,10,12H,1,8-9H2/t10-/m1/s1. The first kappa shape index (κ1) is 9.01. The van der Waals surface area contributed by atoms with Crippen LogP contribution >= 0.6 is 0 Å².